The van der Waals surface area contributed by atoms with E-state index in [0.717, 1.165) is 11.1 Å². The molecule has 0 aliphatic carbocycles. The Balaban J connectivity index is 1.40. The van der Waals surface area contributed by atoms with E-state index in [0.29, 0.717) is 28.9 Å². The highest BCUT2D eigenvalue weighted by molar-refractivity contribution is 7.92. The molecule has 0 aromatic heterocycles. The van der Waals surface area contributed by atoms with Gasteiger partial charge in [-0.05, 0) is 47.9 Å². The summed E-state index contributed by atoms with van der Waals surface area (Å²) < 4.78 is 28.8. The van der Waals surface area contributed by atoms with Crippen LogP contribution in [0.4, 0.5) is 11.4 Å². The van der Waals surface area contributed by atoms with Gasteiger partial charge in [0.1, 0.15) is 0 Å². The average molecular weight is 556 g/mol. The normalized spacial score (nSPS) is 14.9. The van der Waals surface area contributed by atoms with Crippen LogP contribution in [0.5, 0.6) is 0 Å². The lowest BCUT2D eigenvalue weighted by Crippen LogP contribution is -2.27. The van der Waals surface area contributed by atoms with Crippen molar-refractivity contribution in [1.29, 1.82) is 0 Å². The van der Waals surface area contributed by atoms with Gasteiger partial charge >= 0.3 is 5.69 Å². The average Bonchev–Trinajstić information content (AvgIpc) is 3.43. The lowest BCUT2D eigenvalue weighted by Gasteiger charge is -2.22. The van der Waals surface area contributed by atoms with Crippen LogP contribution in [0.15, 0.2) is 113 Å². The van der Waals surface area contributed by atoms with Crippen LogP contribution in [0.1, 0.15) is 39.5 Å². The first-order chi connectivity index (χ1) is 19.3. The van der Waals surface area contributed by atoms with E-state index in [9.17, 15) is 18.1 Å². The Bertz CT molecular complexity index is 1690. The zero-order valence-electron chi connectivity index (χ0n) is 21.9. The van der Waals surface area contributed by atoms with Crippen LogP contribution in [-0.2, 0) is 14.9 Å². The van der Waals surface area contributed by atoms with Crippen LogP contribution >= 0.6 is 0 Å². The maximum Gasteiger partial charge on any atom is 0.318 e. The van der Waals surface area contributed by atoms with E-state index in [2.05, 4.69) is 9.56 Å². The minimum atomic E-state index is -3.99. The van der Waals surface area contributed by atoms with E-state index in [4.69, 9.17) is 5.10 Å². The molecule has 1 heterocycles. The molecule has 1 N–H and O–H groups in total. The molecule has 9 nitrogen and oxygen atoms in total. The van der Waals surface area contributed by atoms with Crippen molar-refractivity contribution in [2.45, 2.75) is 24.3 Å². The van der Waals surface area contributed by atoms with Gasteiger partial charge in [0.2, 0.25) is 0 Å². The number of amides is 1. The Labute approximate surface area is 232 Å². The highest BCUT2D eigenvalue weighted by Gasteiger charge is 2.33. The largest absolute Gasteiger partial charge is 0.318 e. The van der Waals surface area contributed by atoms with Gasteiger partial charge in [-0.25, -0.2) is 18.3 Å². The standard InChI is InChI=1S/C30H27N4O5S/c1-21-13-18-26(34(36)39-2)19-29(21)40(37,38)32-25-16-14-22(15-17-25)27-20-28(23-9-5-3-6-10-23)33(31-27)30(35)24-11-7-4-8-12-24/h3-19,28,32H,20H2,1-2H3/q+1. The van der Waals surface area contributed by atoms with E-state index in [1.54, 1.807) is 49.4 Å². The summed E-state index contributed by atoms with van der Waals surface area (Å²) in [6, 6.07) is 29.6. The number of nitrogens with one attached hydrogen (secondary N) is 1. The third-order valence-electron chi connectivity index (χ3n) is 6.63. The third kappa shape index (κ3) is 5.48. The second-order valence-electron chi connectivity index (χ2n) is 9.27. The molecular weight excluding hydrogens is 528 g/mol. The Morgan fingerprint density at radius 2 is 1.60 bits per heavy atom. The van der Waals surface area contributed by atoms with Crippen LogP contribution in [0.25, 0.3) is 0 Å². The second-order valence-corrected chi connectivity index (χ2v) is 10.9. The van der Waals surface area contributed by atoms with Crippen molar-refractivity contribution < 1.29 is 23.0 Å². The number of hydrazone groups is 1. The predicted octanol–water partition coefficient (Wildman–Crippen LogP) is 5.76. The lowest BCUT2D eigenvalue weighted by atomic mass is 9.98. The zero-order valence-corrected chi connectivity index (χ0v) is 22.7. The van der Waals surface area contributed by atoms with Gasteiger partial charge in [-0.3, -0.25) is 9.52 Å². The number of benzene rings is 4. The van der Waals surface area contributed by atoms with Crippen LogP contribution in [0.2, 0.25) is 0 Å². The van der Waals surface area contributed by atoms with Crippen molar-refractivity contribution in [3.05, 3.63) is 130 Å². The molecule has 0 radical (unpaired) electrons. The molecule has 1 aliphatic heterocycles. The first-order valence-electron chi connectivity index (χ1n) is 12.5. The molecule has 1 unspecified atom stereocenters. The molecular formula is C30H27N4O5S+. The molecule has 5 rings (SSSR count). The highest BCUT2D eigenvalue weighted by atomic mass is 32.2. The molecule has 1 aliphatic rings. The van der Waals surface area contributed by atoms with Gasteiger partial charge in [0, 0.05) is 29.8 Å². The van der Waals surface area contributed by atoms with Gasteiger partial charge in [-0.1, -0.05) is 66.7 Å². The predicted molar refractivity (Wildman–Crippen MR) is 152 cm³/mol. The van der Waals surface area contributed by atoms with Gasteiger partial charge in [0.25, 0.3) is 20.9 Å². The molecule has 1 atom stereocenters. The van der Waals surface area contributed by atoms with Crippen molar-refractivity contribution in [2.24, 2.45) is 5.10 Å². The minimum Gasteiger partial charge on any atom is -0.280 e. The first-order valence-corrected chi connectivity index (χ1v) is 14.0. The fourth-order valence-electron chi connectivity index (χ4n) is 4.56. The summed E-state index contributed by atoms with van der Waals surface area (Å²) in [4.78, 5) is 30.0. The molecule has 202 valence electrons. The van der Waals surface area contributed by atoms with Crippen molar-refractivity contribution in [2.75, 3.05) is 11.8 Å². The van der Waals surface area contributed by atoms with Crippen LogP contribution in [-0.4, -0.2) is 37.1 Å². The molecule has 4 aromatic rings. The van der Waals surface area contributed by atoms with Crippen molar-refractivity contribution in [3.8, 4) is 0 Å². The molecule has 1 amide bonds. The molecule has 4 aromatic carbocycles. The monoisotopic (exact) mass is 555 g/mol. The molecule has 40 heavy (non-hydrogen) atoms. The quantitative estimate of drug-likeness (QED) is 0.278. The summed E-state index contributed by atoms with van der Waals surface area (Å²) in [7, 11) is -2.79. The van der Waals surface area contributed by atoms with E-state index < -0.39 is 10.0 Å². The smallest absolute Gasteiger partial charge is 0.280 e. The molecule has 0 spiro atoms. The summed E-state index contributed by atoms with van der Waals surface area (Å²) >= 11 is 0. The van der Waals surface area contributed by atoms with E-state index in [1.165, 1.54) is 24.3 Å². The van der Waals surface area contributed by atoms with Gasteiger partial charge in [-0.2, -0.15) is 5.10 Å². The number of carbonyl (C=O) groups is 1. The number of hydrogen-bond donors (Lipinski definition) is 1. The fourth-order valence-corrected chi connectivity index (χ4v) is 5.88. The number of carbonyl (C=O) groups excluding carboxylic acids is 1. The Kier molecular flexibility index (Phi) is 7.43. The molecule has 0 bridgehead atoms. The van der Waals surface area contributed by atoms with Crippen LogP contribution in [0.3, 0.4) is 0 Å². The third-order valence-corrected chi connectivity index (χ3v) is 8.16. The lowest BCUT2D eigenvalue weighted by molar-refractivity contribution is -0.736. The summed E-state index contributed by atoms with van der Waals surface area (Å²) in [6.45, 7) is 1.65. The number of hydrogen-bond acceptors (Lipinski definition) is 6. The van der Waals surface area contributed by atoms with E-state index in [-0.39, 0.29) is 27.5 Å². The topological polar surface area (TPSA) is 108 Å². The number of rotatable bonds is 8. The summed E-state index contributed by atoms with van der Waals surface area (Å²) in [5.41, 5.74) is 3.88. The van der Waals surface area contributed by atoms with Crippen LogP contribution < -0.4 is 4.72 Å². The van der Waals surface area contributed by atoms with Gasteiger partial charge in [0.15, 0.2) is 7.11 Å². The fraction of sp³-hybridized carbons (Fsp3) is 0.133. The number of sulfonamides is 1. The Morgan fingerprint density at radius 3 is 2.25 bits per heavy atom. The maximum atomic E-state index is 13.4. The van der Waals surface area contributed by atoms with Gasteiger partial charge in [-0.15, -0.1) is 0 Å². The molecule has 0 saturated heterocycles. The van der Waals surface area contributed by atoms with E-state index >= 15 is 0 Å². The summed E-state index contributed by atoms with van der Waals surface area (Å²) in [6.07, 6.45) is 0.505. The Morgan fingerprint density at radius 1 is 0.950 bits per heavy atom. The maximum absolute atomic E-state index is 13.4. The summed E-state index contributed by atoms with van der Waals surface area (Å²) in [5.74, 6) is -0.198. The first kappa shape index (κ1) is 26.8. The number of nitrogens with zero attached hydrogens (tertiary/aromatic N) is 3. The Hall–Kier alpha value is -4.83. The summed E-state index contributed by atoms with van der Waals surface area (Å²) in [5, 5.41) is 6.23. The highest BCUT2D eigenvalue weighted by Crippen LogP contribution is 2.34. The second kappa shape index (κ2) is 11.1. The van der Waals surface area contributed by atoms with Crippen LogP contribution in [0, 0.1) is 11.8 Å². The molecule has 0 fully saturated rings. The molecule has 0 saturated carbocycles. The number of aryl methyl sites for hydroxylation is 1. The SMILES string of the molecule is CO[N+](=O)c1ccc(C)c(S(=O)(=O)Nc2ccc(C3=NN(C(=O)c4ccccc4)C(c4ccccc4)C3)cc2)c1. The minimum absolute atomic E-state index is 0.0343. The van der Waals surface area contributed by atoms with Crippen molar-refractivity contribution in [1.82, 2.24) is 5.01 Å². The van der Waals surface area contributed by atoms with Crippen molar-refractivity contribution in [3.63, 3.8) is 0 Å². The number of anilines is 1. The van der Waals surface area contributed by atoms with Gasteiger partial charge in [0.05, 0.1) is 21.6 Å². The van der Waals surface area contributed by atoms with Crippen molar-refractivity contribution >= 4 is 33.0 Å². The van der Waals surface area contributed by atoms with E-state index in [1.807, 2.05) is 48.5 Å². The zero-order chi connectivity index (χ0) is 28.3. The molecule has 10 heteroatoms. The van der Waals surface area contributed by atoms with Gasteiger partial charge < -0.3 is 0 Å².